The third-order valence-corrected chi connectivity index (χ3v) is 3.55. The number of aromatic nitrogens is 2. The maximum atomic E-state index is 4.62. The summed E-state index contributed by atoms with van der Waals surface area (Å²) < 4.78 is 2.05. The van der Waals surface area contributed by atoms with Gasteiger partial charge in [-0.2, -0.15) is 0 Å². The summed E-state index contributed by atoms with van der Waals surface area (Å²) in [5, 5.41) is 2.53. The smallest absolute Gasteiger partial charge is 0.0723 e. The van der Waals surface area contributed by atoms with Crippen LogP contribution >= 0.6 is 0 Å². The Bertz CT molecular complexity index is 723. The fourth-order valence-electron chi connectivity index (χ4n) is 2.51. The lowest BCUT2D eigenvalue weighted by Gasteiger charge is -2.10. The Morgan fingerprint density at radius 2 is 2.00 bits per heavy atom. The van der Waals surface area contributed by atoms with E-state index < -0.39 is 0 Å². The lowest BCUT2D eigenvalue weighted by Crippen LogP contribution is -1.91. The lowest BCUT2D eigenvalue weighted by molar-refractivity contribution is 0.876. The van der Waals surface area contributed by atoms with Gasteiger partial charge in [-0.25, -0.2) is 0 Å². The van der Waals surface area contributed by atoms with Crippen molar-refractivity contribution in [3.8, 4) is 11.3 Å². The summed E-state index contributed by atoms with van der Waals surface area (Å²) in [6.45, 7) is 4.44. The maximum Gasteiger partial charge on any atom is 0.0723 e. The molecule has 1 aromatic carbocycles. The van der Waals surface area contributed by atoms with Crippen LogP contribution in [0.1, 0.15) is 25.3 Å². The summed E-state index contributed by atoms with van der Waals surface area (Å²) >= 11 is 0. The van der Waals surface area contributed by atoms with E-state index in [2.05, 4.69) is 55.4 Å². The van der Waals surface area contributed by atoms with Gasteiger partial charge in [0.1, 0.15) is 0 Å². The van der Waals surface area contributed by atoms with Gasteiger partial charge in [-0.05, 0) is 29.0 Å². The molecule has 2 nitrogen and oxygen atoms in total. The predicted octanol–water partition coefficient (Wildman–Crippen LogP) is 4.36. The van der Waals surface area contributed by atoms with Crippen LogP contribution in [0, 0.1) is 0 Å². The van der Waals surface area contributed by atoms with Gasteiger partial charge in [0.25, 0.3) is 0 Å². The number of pyridine rings is 1. The number of nitrogens with zero attached hydrogens (tertiary/aromatic N) is 2. The van der Waals surface area contributed by atoms with E-state index in [1.807, 2.05) is 24.0 Å². The molecule has 2 aromatic heterocycles. The van der Waals surface area contributed by atoms with Crippen molar-refractivity contribution in [1.29, 1.82) is 0 Å². The Balaban J connectivity index is 2.17. The normalized spacial score (nSPS) is 11.4. The Labute approximate surface area is 113 Å². The van der Waals surface area contributed by atoms with E-state index in [1.165, 1.54) is 21.9 Å². The summed E-state index contributed by atoms with van der Waals surface area (Å²) in [6, 6.07) is 10.8. The van der Waals surface area contributed by atoms with Gasteiger partial charge in [0.05, 0.1) is 5.69 Å². The second kappa shape index (κ2) is 4.54. The molecule has 0 aliphatic heterocycles. The number of fused-ring (bicyclic) bond motifs is 1. The largest absolute Gasteiger partial charge is 0.357 e. The summed E-state index contributed by atoms with van der Waals surface area (Å²) in [7, 11) is 2.03. The van der Waals surface area contributed by atoms with Gasteiger partial charge in [0.2, 0.25) is 0 Å². The third kappa shape index (κ3) is 2.14. The molecular formula is C17H18N2. The van der Waals surface area contributed by atoms with E-state index in [0.29, 0.717) is 5.92 Å². The van der Waals surface area contributed by atoms with Crippen molar-refractivity contribution in [3.05, 3.63) is 54.5 Å². The highest BCUT2D eigenvalue weighted by Gasteiger charge is 2.07. The number of aryl methyl sites for hydroxylation is 1. The highest BCUT2D eigenvalue weighted by atomic mass is 14.9. The van der Waals surface area contributed by atoms with Crippen molar-refractivity contribution in [3.63, 3.8) is 0 Å². The van der Waals surface area contributed by atoms with Gasteiger partial charge in [0, 0.05) is 36.6 Å². The highest BCUT2D eigenvalue weighted by Crippen LogP contribution is 2.27. The van der Waals surface area contributed by atoms with Crippen LogP contribution < -0.4 is 0 Å². The molecule has 3 rings (SSSR count). The highest BCUT2D eigenvalue weighted by molar-refractivity contribution is 5.88. The van der Waals surface area contributed by atoms with Crippen LogP contribution in [0.15, 0.2) is 48.9 Å². The predicted molar refractivity (Wildman–Crippen MR) is 80.2 cm³/mol. The molecule has 0 saturated carbocycles. The quantitative estimate of drug-likeness (QED) is 0.660. The first-order valence-electron chi connectivity index (χ1n) is 6.66. The third-order valence-electron chi connectivity index (χ3n) is 3.55. The van der Waals surface area contributed by atoms with Crippen molar-refractivity contribution < 1.29 is 0 Å². The Morgan fingerprint density at radius 1 is 1.16 bits per heavy atom. The molecule has 0 unspecified atom stereocenters. The minimum atomic E-state index is 0.521. The fraction of sp³-hybridized carbons (Fsp3) is 0.235. The van der Waals surface area contributed by atoms with Gasteiger partial charge < -0.3 is 4.57 Å². The summed E-state index contributed by atoms with van der Waals surface area (Å²) in [6.07, 6.45) is 6.15. The van der Waals surface area contributed by atoms with Crippen LogP contribution in [-0.2, 0) is 7.05 Å². The minimum absolute atomic E-state index is 0.521. The van der Waals surface area contributed by atoms with Crippen molar-refractivity contribution in [2.24, 2.45) is 7.05 Å². The van der Waals surface area contributed by atoms with Crippen LogP contribution in [0.5, 0.6) is 0 Å². The number of hydrogen-bond donors (Lipinski definition) is 0. The van der Waals surface area contributed by atoms with E-state index in [0.717, 1.165) is 5.69 Å². The zero-order valence-corrected chi connectivity index (χ0v) is 11.6. The first-order chi connectivity index (χ1) is 9.15. The van der Waals surface area contributed by atoms with E-state index in [9.17, 15) is 0 Å². The van der Waals surface area contributed by atoms with Crippen LogP contribution in [0.4, 0.5) is 0 Å². The molecule has 0 N–H and O–H groups in total. The first-order valence-corrected chi connectivity index (χ1v) is 6.66. The van der Waals surface area contributed by atoms with Crippen molar-refractivity contribution in [2.45, 2.75) is 19.8 Å². The second-order valence-electron chi connectivity index (χ2n) is 5.36. The fourth-order valence-corrected chi connectivity index (χ4v) is 2.51. The minimum Gasteiger partial charge on any atom is -0.357 e. The van der Waals surface area contributed by atoms with Crippen molar-refractivity contribution in [2.75, 3.05) is 0 Å². The number of hydrogen-bond acceptors (Lipinski definition) is 1. The molecule has 0 atom stereocenters. The molecule has 0 spiro atoms. The van der Waals surface area contributed by atoms with Gasteiger partial charge >= 0.3 is 0 Å². The summed E-state index contributed by atoms with van der Waals surface area (Å²) in [5.41, 5.74) is 3.57. The average Bonchev–Trinajstić information content (AvgIpc) is 2.84. The molecular weight excluding hydrogens is 232 g/mol. The molecule has 3 aromatic rings. The van der Waals surface area contributed by atoms with Crippen molar-refractivity contribution in [1.82, 2.24) is 9.55 Å². The van der Waals surface area contributed by atoms with Crippen LogP contribution in [0.2, 0.25) is 0 Å². The SMILES string of the molecule is CC(C)c1cccc2cc(-c3ccn(C)c3)ncc12. The zero-order chi connectivity index (χ0) is 13.4. The summed E-state index contributed by atoms with van der Waals surface area (Å²) in [5.74, 6) is 0.521. The monoisotopic (exact) mass is 250 g/mol. The average molecular weight is 250 g/mol. The van der Waals surface area contributed by atoms with E-state index in [4.69, 9.17) is 0 Å². The zero-order valence-electron chi connectivity index (χ0n) is 11.6. The molecule has 0 fully saturated rings. The van der Waals surface area contributed by atoms with E-state index >= 15 is 0 Å². The van der Waals surface area contributed by atoms with Crippen LogP contribution in [0.25, 0.3) is 22.0 Å². The Morgan fingerprint density at radius 3 is 2.68 bits per heavy atom. The molecule has 0 bridgehead atoms. The number of benzene rings is 1. The van der Waals surface area contributed by atoms with Crippen molar-refractivity contribution >= 4 is 10.8 Å². The standard InChI is InChI=1S/C17H18N2/c1-12(2)15-6-4-5-13-9-17(18-10-16(13)15)14-7-8-19(3)11-14/h4-12H,1-3H3. The molecule has 0 aliphatic carbocycles. The number of rotatable bonds is 2. The molecule has 0 radical (unpaired) electrons. The topological polar surface area (TPSA) is 17.8 Å². The summed E-state index contributed by atoms with van der Waals surface area (Å²) in [4.78, 5) is 4.62. The van der Waals surface area contributed by atoms with Gasteiger partial charge in [-0.3, -0.25) is 4.98 Å². The van der Waals surface area contributed by atoms with E-state index in [1.54, 1.807) is 0 Å². The molecule has 0 amide bonds. The second-order valence-corrected chi connectivity index (χ2v) is 5.36. The molecule has 0 aliphatic rings. The van der Waals surface area contributed by atoms with Gasteiger partial charge in [-0.1, -0.05) is 32.0 Å². The van der Waals surface area contributed by atoms with Crippen LogP contribution in [-0.4, -0.2) is 9.55 Å². The van der Waals surface area contributed by atoms with Gasteiger partial charge in [-0.15, -0.1) is 0 Å². The molecule has 2 heterocycles. The van der Waals surface area contributed by atoms with Crippen LogP contribution in [0.3, 0.4) is 0 Å². The Hall–Kier alpha value is -2.09. The molecule has 2 heteroatoms. The van der Waals surface area contributed by atoms with Gasteiger partial charge in [0.15, 0.2) is 0 Å². The van der Waals surface area contributed by atoms with E-state index in [-0.39, 0.29) is 0 Å². The molecule has 0 saturated heterocycles. The maximum absolute atomic E-state index is 4.62. The molecule has 19 heavy (non-hydrogen) atoms. The Kier molecular flexibility index (Phi) is 2.86. The first kappa shape index (κ1) is 12.0. The molecule has 96 valence electrons. The lowest BCUT2D eigenvalue weighted by atomic mass is 9.97.